The Bertz CT molecular complexity index is 468. The van der Waals surface area contributed by atoms with Gasteiger partial charge in [-0.3, -0.25) is 0 Å². The second-order valence-electron chi connectivity index (χ2n) is 3.53. The summed E-state index contributed by atoms with van der Waals surface area (Å²) in [4.78, 5) is 0. The second-order valence-corrected chi connectivity index (χ2v) is 6.01. The van der Waals surface area contributed by atoms with Crippen LogP contribution in [0.3, 0.4) is 0 Å². The van der Waals surface area contributed by atoms with Gasteiger partial charge in [0, 0.05) is 15.4 Å². The molecular weight excluding hydrogens is 352 g/mol. The van der Waals surface area contributed by atoms with E-state index in [0.717, 1.165) is 14.5 Å². The summed E-state index contributed by atoms with van der Waals surface area (Å²) in [6, 6.07) is 7.87. The van der Waals surface area contributed by atoms with Crippen LogP contribution in [0, 0.1) is 0 Å². The zero-order valence-corrected chi connectivity index (χ0v) is 12.3. The van der Waals surface area contributed by atoms with Gasteiger partial charge in [-0.15, -0.1) is 0 Å². The van der Waals surface area contributed by atoms with E-state index in [-0.39, 0.29) is 0 Å². The number of aliphatic hydroxyl groups excluding tert-OH is 1. The molecule has 1 atom stereocenters. The van der Waals surface area contributed by atoms with Gasteiger partial charge in [0.15, 0.2) is 0 Å². The number of hydrogen-bond donors (Lipinski definition) is 1. The van der Waals surface area contributed by atoms with Crippen molar-refractivity contribution in [3.05, 3.63) is 55.1 Å². The van der Waals surface area contributed by atoms with Crippen LogP contribution in [0.4, 0.5) is 0 Å². The summed E-state index contributed by atoms with van der Waals surface area (Å²) in [5.41, 5.74) is 2.11. The molecule has 1 aromatic heterocycles. The molecule has 0 radical (unpaired) electrons. The summed E-state index contributed by atoms with van der Waals surface area (Å²) in [5, 5.41) is 14.2. The molecule has 0 amide bonds. The van der Waals surface area contributed by atoms with Gasteiger partial charge in [-0.25, -0.2) is 0 Å². The number of aliphatic hydroxyl groups is 1. The van der Waals surface area contributed by atoms with Gasteiger partial charge in [-0.05, 0) is 71.9 Å². The molecule has 1 heterocycles. The molecule has 0 saturated heterocycles. The van der Waals surface area contributed by atoms with Crippen molar-refractivity contribution in [1.29, 1.82) is 0 Å². The van der Waals surface area contributed by atoms with Crippen molar-refractivity contribution in [2.24, 2.45) is 0 Å². The first-order valence-corrected chi connectivity index (χ1v) is 7.34. The minimum atomic E-state index is -0.445. The molecule has 1 aromatic carbocycles. The Morgan fingerprint density at radius 3 is 2.62 bits per heavy atom. The molecule has 0 saturated carbocycles. The molecule has 0 bridgehead atoms. The average molecular weight is 362 g/mol. The van der Waals surface area contributed by atoms with E-state index in [9.17, 15) is 5.11 Å². The largest absolute Gasteiger partial charge is 0.388 e. The number of halogens is 2. The van der Waals surface area contributed by atoms with Crippen LogP contribution < -0.4 is 0 Å². The van der Waals surface area contributed by atoms with Crippen LogP contribution in [0.5, 0.6) is 0 Å². The highest BCUT2D eigenvalue weighted by Gasteiger charge is 2.10. The summed E-state index contributed by atoms with van der Waals surface area (Å²) in [6.45, 7) is 0. The minimum absolute atomic E-state index is 0.445. The first kappa shape index (κ1) is 12.3. The van der Waals surface area contributed by atoms with Crippen molar-refractivity contribution in [3.8, 4) is 0 Å². The van der Waals surface area contributed by atoms with E-state index in [1.54, 1.807) is 11.3 Å². The van der Waals surface area contributed by atoms with Gasteiger partial charge >= 0.3 is 0 Å². The Labute approximate surface area is 115 Å². The molecule has 1 unspecified atom stereocenters. The highest BCUT2D eigenvalue weighted by molar-refractivity contribution is 9.13. The van der Waals surface area contributed by atoms with Gasteiger partial charge in [0.2, 0.25) is 0 Å². The third-order valence-electron chi connectivity index (χ3n) is 2.34. The van der Waals surface area contributed by atoms with Gasteiger partial charge in [-0.1, -0.05) is 6.07 Å². The third-order valence-corrected chi connectivity index (χ3v) is 4.95. The maximum atomic E-state index is 10.1. The van der Waals surface area contributed by atoms with Gasteiger partial charge in [-0.2, -0.15) is 11.3 Å². The van der Waals surface area contributed by atoms with Crippen molar-refractivity contribution in [1.82, 2.24) is 0 Å². The van der Waals surface area contributed by atoms with E-state index in [1.165, 1.54) is 5.56 Å². The fourth-order valence-corrected chi connectivity index (χ4v) is 2.79. The molecule has 2 aromatic rings. The molecule has 0 spiro atoms. The van der Waals surface area contributed by atoms with Crippen LogP contribution >= 0.6 is 43.2 Å². The monoisotopic (exact) mass is 360 g/mol. The molecule has 0 fully saturated rings. The lowest BCUT2D eigenvalue weighted by Crippen LogP contribution is -2.00. The Balaban J connectivity index is 2.14. The van der Waals surface area contributed by atoms with E-state index >= 15 is 0 Å². The molecule has 0 aliphatic heterocycles. The van der Waals surface area contributed by atoms with Gasteiger partial charge in [0.1, 0.15) is 0 Å². The normalized spacial score (nSPS) is 12.7. The zero-order chi connectivity index (χ0) is 11.5. The van der Waals surface area contributed by atoms with Crippen LogP contribution in [0.2, 0.25) is 0 Å². The quantitative estimate of drug-likeness (QED) is 0.850. The van der Waals surface area contributed by atoms with Crippen molar-refractivity contribution in [3.63, 3.8) is 0 Å². The zero-order valence-electron chi connectivity index (χ0n) is 8.36. The smallest absolute Gasteiger partial charge is 0.0831 e. The van der Waals surface area contributed by atoms with E-state index in [1.807, 2.05) is 29.6 Å². The van der Waals surface area contributed by atoms with Crippen molar-refractivity contribution >= 4 is 43.2 Å². The van der Waals surface area contributed by atoms with Gasteiger partial charge < -0.3 is 5.11 Å². The summed E-state index contributed by atoms with van der Waals surface area (Å²) in [5.74, 6) is 0. The topological polar surface area (TPSA) is 20.2 Å². The fourth-order valence-electron chi connectivity index (χ4n) is 1.47. The van der Waals surface area contributed by atoms with Crippen LogP contribution in [0.15, 0.2) is 44.0 Å². The standard InChI is InChI=1S/C12H10Br2OS/c13-10-2-1-9(6-11(10)14)12(15)5-8-3-4-16-7-8/h1-4,6-7,12,15H,5H2. The Hall–Kier alpha value is -0.160. The fraction of sp³-hybridized carbons (Fsp3) is 0.167. The van der Waals surface area contributed by atoms with Crippen molar-refractivity contribution < 1.29 is 5.11 Å². The first-order chi connectivity index (χ1) is 7.66. The molecule has 0 aliphatic carbocycles. The van der Waals surface area contributed by atoms with E-state index < -0.39 is 6.10 Å². The number of rotatable bonds is 3. The average Bonchev–Trinajstić information content (AvgIpc) is 2.74. The maximum Gasteiger partial charge on any atom is 0.0831 e. The Morgan fingerprint density at radius 1 is 1.19 bits per heavy atom. The molecule has 84 valence electrons. The summed E-state index contributed by atoms with van der Waals surface area (Å²) in [6.07, 6.45) is 0.219. The van der Waals surface area contributed by atoms with Crippen LogP contribution in [0.25, 0.3) is 0 Å². The summed E-state index contributed by atoms with van der Waals surface area (Å²) < 4.78 is 1.97. The predicted molar refractivity (Wildman–Crippen MR) is 74.8 cm³/mol. The number of hydrogen-bond acceptors (Lipinski definition) is 2. The lowest BCUT2D eigenvalue weighted by molar-refractivity contribution is 0.178. The van der Waals surface area contributed by atoms with Crippen molar-refractivity contribution in [2.75, 3.05) is 0 Å². The van der Waals surface area contributed by atoms with Gasteiger partial charge in [0.25, 0.3) is 0 Å². The summed E-state index contributed by atoms with van der Waals surface area (Å²) >= 11 is 8.50. The molecule has 1 N–H and O–H groups in total. The van der Waals surface area contributed by atoms with Crippen molar-refractivity contribution in [2.45, 2.75) is 12.5 Å². The van der Waals surface area contributed by atoms with E-state index in [0.29, 0.717) is 6.42 Å². The lowest BCUT2D eigenvalue weighted by atomic mass is 10.0. The summed E-state index contributed by atoms with van der Waals surface area (Å²) in [7, 11) is 0. The van der Waals surface area contributed by atoms with E-state index in [2.05, 4.69) is 37.2 Å². The Kier molecular flexibility index (Phi) is 4.19. The minimum Gasteiger partial charge on any atom is -0.388 e. The maximum absolute atomic E-state index is 10.1. The van der Waals surface area contributed by atoms with Crippen LogP contribution in [0.1, 0.15) is 17.2 Å². The second kappa shape index (κ2) is 5.45. The number of benzene rings is 1. The lowest BCUT2D eigenvalue weighted by Gasteiger charge is -2.11. The van der Waals surface area contributed by atoms with Crippen LogP contribution in [-0.4, -0.2) is 5.11 Å². The molecule has 16 heavy (non-hydrogen) atoms. The Morgan fingerprint density at radius 2 is 2.00 bits per heavy atom. The highest BCUT2D eigenvalue weighted by Crippen LogP contribution is 2.28. The SMILES string of the molecule is OC(Cc1ccsc1)c1ccc(Br)c(Br)c1. The van der Waals surface area contributed by atoms with Gasteiger partial charge in [0.05, 0.1) is 6.10 Å². The van der Waals surface area contributed by atoms with Crippen LogP contribution in [-0.2, 0) is 6.42 Å². The predicted octanol–water partition coefficient (Wildman–Crippen LogP) is 4.55. The van der Waals surface area contributed by atoms with E-state index in [4.69, 9.17) is 0 Å². The molecule has 2 rings (SSSR count). The first-order valence-electron chi connectivity index (χ1n) is 4.81. The molecule has 4 heteroatoms. The molecular formula is C12H10Br2OS. The molecule has 0 aliphatic rings. The molecule has 1 nitrogen and oxygen atoms in total. The highest BCUT2D eigenvalue weighted by atomic mass is 79.9. The third kappa shape index (κ3) is 2.94. The number of thiophene rings is 1.